The van der Waals surface area contributed by atoms with Crippen molar-refractivity contribution in [1.29, 1.82) is 0 Å². The molecule has 3 aliphatic rings. The number of carbonyl (C=O) groups is 1. The zero-order chi connectivity index (χ0) is 21.5. The number of carbonyl (C=O) groups excluding carboxylic acids is 1. The molecule has 4 heteroatoms. The third-order valence-corrected chi connectivity index (χ3v) is 7.86. The van der Waals surface area contributed by atoms with Gasteiger partial charge in [0.25, 0.3) is 0 Å². The maximum Gasteiger partial charge on any atom is 0.136 e. The van der Waals surface area contributed by atoms with Crippen LogP contribution in [-0.2, 0) is 4.79 Å². The summed E-state index contributed by atoms with van der Waals surface area (Å²) in [4.78, 5) is 17.1. The molecular formula is C27H39FN2O. The van der Waals surface area contributed by atoms with E-state index in [0.29, 0.717) is 11.7 Å². The lowest BCUT2D eigenvalue weighted by Crippen LogP contribution is -2.47. The summed E-state index contributed by atoms with van der Waals surface area (Å²) in [6, 6.07) is 6.98. The van der Waals surface area contributed by atoms with Crippen molar-refractivity contribution in [3.05, 3.63) is 42.2 Å². The minimum Gasteiger partial charge on any atom is -0.369 e. The quantitative estimate of drug-likeness (QED) is 0.463. The van der Waals surface area contributed by atoms with Crippen LogP contribution in [0.25, 0.3) is 0 Å². The van der Waals surface area contributed by atoms with Crippen LogP contribution < -0.4 is 4.90 Å². The molecule has 1 aromatic carbocycles. The van der Waals surface area contributed by atoms with Crippen LogP contribution in [0.1, 0.15) is 64.2 Å². The van der Waals surface area contributed by atoms with Crippen molar-refractivity contribution in [3.63, 3.8) is 0 Å². The van der Waals surface area contributed by atoms with Gasteiger partial charge < -0.3 is 4.90 Å². The second-order valence-corrected chi connectivity index (χ2v) is 9.98. The molecule has 0 aromatic heterocycles. The Kier molecular flexibility index (Phi) is 8.18. The van der Waals surface area contributed by atoms with Crippen LogP contribution in [0.15, 0.2) is 36.4 Å². The third-order valence-electron chi connectivity index (χ3n) is 7.86. The number of hydrogen-bond acceptors (Lipinski definition) is 3. The molecule has 170 valence electrons. The summed E-state index contributed by atoms with van der Waals surface area (Å²) in [5.41, 5.74) is 1.01. The summed E-state index contributed by atoms with van der Waals surface area (Å²) in [5.74, 6) is 2.38. The van der Waals surface area contributed by atoms with Crippen molar-refractivity contribution >= 4 is 11.5 Å². The molecule has 0 N–H and O–H groups in total. The predicted octanol–water partition coefficient (Wildman–Crippen LogP) is 5.85. The van der Waals surface area contributed by atoms with E-state index in [-0.39, 0.29) is 5.82 Å². The van der Waals surface area contributed by atoms with Crippen LogP contribution in [0.4, 0.5) is 10.1 Å². The summed E-state index contributed by atoms with van der Waals surface area (Å²) in [6.45, 7) is 5.35. The van der Waals surface area contributed by atoms with E-state index >= 15 is 0 Å². The van der Waals surface area contributed by atoms with Gasteiger partial charge in [-0.05, 0) is 62.3 Å². The summed E-state index contributed by atoms with van der Waals surface area (Å²) in [5, 5.41) is 0. The Bertz CT molecular complexity index is 725. The van der Waals surface area contributed by atoms with E-state index in [9.17, 15) is 9.18 Å². The molecule has 2 aliphatic carbocycles. The second kappa shape index (κ2) is 11.3. The highest BCUT2D eigenvalue weighted by atomic mass is 19.1. The first-order valence-electron chi connectivity index (χ1n) is 12.6. The number of hydrogen-bond donors (Lipinski definition) is 0. The zero-order valence-electron chi connectivity index (χ0n) is 19.0. The summed E-state index contributed by atoms with van der Waals surface area (Å²) in [7, 11) is 0. The first kappa shape index (κ1) is 22.5. The first-order chi connectivity index (χ1) is 15.2. The number of ketones is 1. The van der Waals surface area contributed by atoms with Crippen LogP contribution in [0, 0.1) is 23.6 Å². The SMILES string of the molecule is O=C(CCCC1CCC(CCN2CCN(c3cccc(F)c3)CC2)CC1)C1CC=CC1. The van der Waals surface area contributed by atoms with Crippen molar-refractivity contribution in [2.45, 2.75) is 64.2 Å². The van der Waals surface area contributed by atoms with E-state index in [0.717, 1.165) is 69.4 Å². The molecule has 2 fully saturated rings. The molecule has 1 heterocycles. The van der Waals surface area contributed by atoms with Crippen molar-refractivity contribution in [2.75, 3.05) is 37.6 Å². The average Bonchev–Trinajstić information content (AvgIpc) is 3.34. The Balaban J connectivity index is 1.07. The van der Waals surface area contributed by atoms with Gasteiger partial charge in [-0.2, -0.15) is 0 Å². The van der Waals surface area contributed by atoms with Gasteiger partial charge in [0.15, 0.2) is 0 Å². The van der Waals surface area contributed by atoms with Crippen LogP contribution in [0.3, 0.4) is 0 Å². The standard InChI is InChI=1S/C27H39FN2O/c28-25-8-4-9-26(21-25)30-19-17-29(18-20-30)16-15-23-13-11-22(12-14-23)5-3-10-27(31)24-6-1-2-7-24/h1-2,4,8-9,21-24H,3,5-7,10-20H2. The molecular weight excluding hydrogens is 387 g/mol. The van der Waals surface area contributed by atoms with E-state index in [1.54, 1.807) is 12.1 Å². The molecule has 1 saturated carbocycles. The molecule has 31 heavy (non-hydrogen) atoms. The molecule has 0 spiro atoms. The topological polar surface area (TPSA) is 23.6 Å². The molecule has 0 unspecified atom stereocenters. The molecule has 0 atom stereocenters. The van der Waals surface area contributed by atoms with Gasteiger partial charge in [-0.1, -0.05) is 50.3 Å². The molecule has 1 aliphatic heterocycles. The number of piperazine rings is 1. The normalized spacial score (nSPS) is 25.3. The Labute approximate surface area is 187 Å². The molecule has 0 radical (unpaired) electrons. The van der Waals surface area contributed by atoms with Gasteiger partial charge in [-0.25, -0.2) is 4.39 Å². The van der Waals surface area contributed by atoms with Gasteiger partial charge in [0.05, 0.1) is 0 Å². The van der Waals surface area contributed by atoms with E-state index in [1.807, 2.05) is 6.07 Å². The highest BCUT2D eigenvalue weighted by molar-refractivity contribution is 5.81. The molecule has 3 nitrogen and oxygen atoms in total. The summed E-state index contributed by atoms with van der Waals surface area (Å²) < 4.78 is 13.5. The summed E-state index contributed by atoms with van der Waals surface area (Å²) >= 11 is 0. The number of anilines is 1. The first-order valence-corrected chi connectivity index (χ1v) is 12.6. The fourth-order valence-electron chi connectivity index (χ4n) is 5.73. The van der Waals surface area contributed by atoms with Crippen LogP contribution in [0.2, 0.25) is 0 Å². The number of benzene rings is 1. The minimum absolute atomic E-state index is 0.145. The van der Waals surface area contributed by atoms with E-state index in [2.05, 4.69) is 22.0 Å². The lowest BCUT2D eigenvalue weighted by molar-refractivity contribution is -0.122. The molecule has 1 aromatic rings. The zero-order valence-corrected chi connectivity index (χ0v) is 19.0. The Morgan fingerprint density at radius 3 is 2.29 bits per heavy atom. The van der Waals surface area contributed by atoms with E-state index < -0.39 is 0 Å². The summed E-state index contributed by atoms with van der Waals surface area (Å²) in [6.07, 6.45) is 16.2. The van der Waals surface area contributed by atoms with Crippen molar-refractivity contribution < 1.29 is 9.18 Å². The van der Waals surface area contributed by atoms with E-state index in [4.69, 9.17) is 0 Å². The highest BCUT2D eigenvalue weighted by Gasteiger charge is 2.24. The van der Waals surface area contributed by atoms with Crippen LogP contribution in [-0.4, -0.2) is 43.4 Å². The Morgan fingerprint density at radius 2 is 1.61 bits per heavy atom. The van der Waals surface area contributed by atoms with Gasteiger partial charge in [0.1, 0.15) is 11.6 Å². The number of allylic oxidation sites excluding steroid dienone is 2. The van der Waals surface area contributed by atoms with Gasteiger partial charge in [-0.15, -0.1) is 0 Å². The van der Waals surface area contributed by atoms with Crippen molar-refractivity contribution in [2.24, 2.45) is 17.8 Å². The second-order valence-electron chi connectivity index (χ2n) is 9.98. The molecule has 1 saturated heterocycles. The Hall–Kier alpha value is -1.68. The van der Waals surface area contributed by atoms with E-state index in [1.165, 1.54) is 51.1 Å². The monoisotopic (exact) mass is 426 g/mol. The van der Waals surface area contributed by atoms with Gasteiger partial charge >= 0.3 is 0 Å². The molecule has 4 rings (SSSR count). The predicted molar refractivity (Wildman–Crippen MR) is 126 cm³/mol. The van der Waals surface area contributed by atoms with Gasteiger partial charge in [0.2, 0.25) is 0 Å². The Morgan fingerprint density at radius 1 is 0.935 bits per heavy atom. The smallest absolute Gasteiger partial charge is 0.136 e. The number of nitrogens with zero attached hydrogens (tertiary/aromatic N) is 2. The minimum atomic E-state index is -0.145. The molecule has 0 amide bonds. The average molecular weight is 427 g/mol. The number of Topliss-reactive ketones (excluding diaryl/α,β-unsaturated/α-hetero) is 1. The van der Waals surface area contributed by atoms with Crippen molar-refractivity contribution in [1.82, 2.24) is 4.90 Å². The lowest BCUT2D eigenvalue weighted by Gasteiger charge is -2.37. The maximum absolute atomic E-state index is 13.5. The number of halogens is 1. The van der Waals surface area contributed by atoms with Gasteiger partial charge in [0, 0.05) is 44.2 Å². The fourth-order valence-corrected chi connectivity index (χ4v) is 5.73. The van der Waals surface area contributed by atoms with Crippen LogP contribution >= 0.6 is 0 Å². The molecule has 0 bridgehead atoms. The fraction of sp³-hybridized carbons (Fsp3) is 0.667. The van der Waals surface area contributed by atoms with Crippen molar-refractivity contribution in [3.8, 4) is 0 Å². The largest absolute Gasteiger partial charge is 0.369 e. The maximum atomic E-state index is 13.5. The van der Waals surface area contributed by atoms with Crippen LogP contribution in [0.5, 0.6) is 0 Å². The highest BCUT2D eigenvalue weighted by Crippen LogP contribution is 2.34. The van der Waals surface area contributed by atoms with Gasteiger partial charge in [-0.3, -0.25) is 9.69 Å². The number of rotatable bonds is 9. The third kappa shape index (κ3) is 6.65. The lowest BCUT2D eigenvalue weighted by atomic mass is 9.78.